The van der Waals surface area contributed by atoms with Crippen LogP contribution in [0.2, 0.25) is 10.0 Å². The van der Waals surface area contributed by atoms with E-state index >= 15 is 0 Å². The van der Waals surface area contributed by atoms with Crippen molar-refractivity contribution in [2.45, 2.75) is 26.8 Å². The van der Waals surface area contributed by atoms with Crippen molar-refractivity contribution in [1.82, 2.24) is 9.78 Å². The summed E-state index contributed by atoms with van der Waals surface area (Å²) in [6.45, 7) is 4.16. The van der Waals surface area contributed by atoms with E-state index in [4.69, 9.17) is 27.9 Å². The normalized spacial score (nSPS) is 10.6. The molecule has 22 heavy (non-hydrogen) atoms. The molecule has 0 spiro atoms. The third-order valence-corrected chi connectivity index (χ3v) is 4.06. The fraction of sp³-hybridized carbons (Fsp3) is 0.333. The lowest BCUT2D eigenvalue weighted by molar-refractivity contribution is -0.116. The molecule has 0 radical (unpaired) electrons. The molecular formula is C15H17Cl2N3O2. The summed E-state index contributed by atoms with van der Waals surface area (Å²) in [5, 5.41) is 8.25. The number of aryl methyl sites for hydroxylation is 2. The Labute approximate surface area is 139 Å². The molecule has 1 aromatic heterocycles. The first-order chi connectivity index (χ1) is 10.4. The van der Waals surface area contributed by atoms with Gasteiger partial charge in [-0.15, -0.1) is 0 Å². The average Bonchev–Trinajstić information content (AvgIpc) is 2.73. The van der Waals surface area contributed by atoms with Crippen molar-refractivity contribution in [2.75, 3.05) is 12.4 Å². The van der Waals surface area contributed by atoms with Crippen LogP contribution in [0.25, 0.3) is 0 Å². The van der Waals surface area contributed by atoms with Gasteiger partial charge < -0.3 is 10.1 Å². The molecule has 0 atom stereocenters. The van der Waals surface area contributed by atoms with Crippen LogP contribution < -0.4 is 10.1 Å². The monoisotopic (exact) mass is 341 g/mol. The Bertz CT molecular complexity index is 698. The molecule has 0 saturated carbocycles. The molecule has 0 aliphatic carbocycles. The van der Waals surface area contributed by atoms with E-state index in [1.165, 1.54) is 7.11 Å². The molecule has 0 unspecified atom stereocenters. The molecule has 1 aromatic carbocycles. The number of methoxy groups -OCH3 is 1. The minimum atomic E-state index is -0.149. The SMILES string of the molecule is COc1ccc(Cl)cc1NC(=O)CCn1nc(C)c(Cl)c1C. The molecule has 0 saturated heterocycles. The molecule has 1 heterocycles. The lowest BCUT2D eigenvalue weighted by Gasteiger charge is -2.11. The maximum Gasteiger partial charge on any atom is 0.226 e. The van der Waals surface area contributed by atoms with Crippen LogP contribution in [0.3, 0.4) is 0 Å². The van der Waals surface area contributed by atoms with Gasteiger partial charge >= 0.3 is 0 Å². The maximum atomic E-state index is 12.1. The van der Waals surface area contributed by atoms with Crippen LogP contribution in [-0.4, -0.2) is 22.8 Å². The Morgan fingerprint density at radius 2 is 2.09 bits per heavy atom. The fourth-order valence-electron chi connectivity index (χ4n) is 2.09. The van der Waals surface area contributed by atoms with Gasteiger partial charge in [0.25, 0.3) is 0 Å². The number of amides is 1. The Morgan fingerprint density at radius 1 is 1.36 bits per heavy atom. The van der Waals surface area contributed by atoms with Gasteiger partial charge in [-0.3, -0.25) is 9.48 Å². The van der Waals surface area contributed by atoms with Crippen molar-refractivity contribution in [3.05, 3.63) is 39.6 Å². The molecule has 7 heteroatoms. The van der Waals surface area contributed by atoms with Gasteiger partial charge in [0.05, 0.1) is 35.8 Å². The van der Waals surface area contributed by atoms with Crippen LogP contribution in [-0.2, 0) is 11.3 Å². The first-order valence-corrected chi connectivity index (χ1v) is 7.51. The fourth-order valence-corrected chi connectivity index (χ4v) is 2.40. The number of hydrogen-bond donors (Lipinski definition) is 1. The second kappa shape index (κ2) is 7.03. The van der Waals surface area contributed by atoms with Gasteiger partial charge in [-0.2, -0.15) is 5.10 Å². The number of halogens is 2. The van der Waals surface area contributed by atoms with Crippen LogP contribution in [0.4, 0.5) is 5.69 Å². The molecule has 1 N–H and O–H groups in total. The van der Waals surface area contributed by atoms with E-state index in [-0.39, 0.29) is 12.3 Å². The summed E-state index contributed by atoms with van der Waals surface area (Å²) in [4.78, 5) is 12.1. The number of anilines is 1. The van der Waals surface area contributed by atoms with Crippen LogP contribution in [0.15, 0.2) is 18.2 Å². The summed E-state index contributed by atoms with van der Waals surface area (Å²) < 4.78 is 6.92. The number of hydrogen-bond acceptors (Lipinski definition) is 3. The Morgan fingerprint density at radius 3 is 2.68 bits per heavy atom. The minimum Gasteiger partial charge on any atom is -0.495 e. The van der Waals surface area contributed by atoms with Gasteiger partial charge in [-0.05, 0) is 32.0 Å². The van der Waals surface area contributed by atoms with Crippen LogP contribution in [0.5, 0.6) is 5.75 Å². The van der Waals surface area contributed by atoms with Crippen molar-refractivity contribution >= 4 is 34.8 Å². The molecule has 0 bridgehead atoms. The van der Waals surface area contributed by atoms with Crippen molar-refractivity contribution in [2.24, 2.45) is 0 Å². The topological polar surface area (TPSA) is 56.1 Å². The smallest absolute Gasteiger partial charge is 0.226 e. The number of nitrogens with zero attached hydrogens (tertiary/aromatic N) is 2. The highest BCUT2D eigenvalue weighted by atomic mass is 35.5. The lowest BCUT2D eigenvalue weighted by Crippen LogP contribution is -2.16. The van der Waals surface area contributed by atoms with Crippen LogP contribution >= 0.6 is 23.2 Å². The molecule has 2 rings (SSSR count). The third-order valence-electron chi connectivity index (χ3n) is 3.28. The summed E-state index contributed by atoms with van der Waals surface area (Å²) in [7, 11) is 1.54. The number of aromatic nitrogens is 2. The molecule has 5 nitrogen and oxygen atoms in total. The highest BCUT2D eigenvalue weighted by Crippen LogP contribution is 2.27. The molecule has 0 aliphatic heterocycles. The minimum absolute atomic E-state index is 0.149. The number of ether oxygens (including phenoxy) is 1. The van der Waals surface area contributed by atoms with E-state index in [1.54, 1.807) is 22.9 Å². The zero-order valence-corrected chi connectivity index (χ0v) is 14.1. The van der Waals surface area contributed by atoms with E-state index in [0.717, 1.165) is 11.4 Å². The molecule has 118 valence electrons. The Kier molecular flexibility index (Phi) is 5.32. The highest BCUT2D eigenvalue weighted by molar-refractivity contribution is 6.31. The lowest BCUT2D eigenvalue weighted by atomic mass is 10.2. The summed E-state index contributed by atoms with van der Waals surface area (Å²) in [6, 6.07) is 5.06. The van der Waals surface area contributed by atoms with Crippen LogP contribution in [0, 0.1) is 13.8 Å². The molecule has 0 aliphatic rings. The van der Waals surface area contributed by atoms with Crippen molar-refractivity contribution < 1.29 is 9.53 Å². The average molecular weight is 342 g/mol. The first kappa shape index (κ1) is 16.6. The molecule has 2 aromatic rings. The maximum absolute atomic E-state index is 12.1. The van der Waals surface area contributed by atoms with Crippen molar-refractivity contribution in [3.63, 3.8) is 0 Å². The van der Waals surface area contributed by atoms with Gasteiger partial charge in [0, 0.05) is 11.4 Å². The van der Waals surface area contributed by atoms with E-state index in [9.17, 15) is 4.79 Å². The molecule has 1 amide bonds. The number of carbonyl (C=O) groups is 1. The predicted octanol–water partition coefficient (Wildman–Crippen LogP) is 3.84. The van der Waals surface area contributed by atoms with Gasteiger partial charge in [-0.25, -0.2) is 0 Å². The van der Waals surface area contributed by atoms with Gasteiger partial charge in [0.15, 0.2) is 0 Å². The van der Waals surface area contributed by atoms with Gasteiger partial charge in [0.2, 0.25) is 5.91 Å². The van der Waals surface area contributed by atoms with E-state index in [1.807, 2.05) is 13.8 Å². The van der Waals surface area contributed by atoms with Crippen molar-refractivity contribution in [3.8, 4) is 5.75 Å². The van der Waals surface area contributed by atoms with Gasteiger partial charge in [0.1, 0.15) is 5.75 Å². The Hall–Kier alpha value is -1.72. The molecular weight excluding hydrogens is 325 g/mol. The van der Waals surface area contributed by atoms with E-state index in [2.05, 4.69) is 10.4 Å². The number of benzene rings is 1. The zero-order valence-electron chi connectivity index (χ0n) is 12.6. The van der Waals surface area contributed by atoms with E-state index in [0.29, 0.717) is 28.0 Å². The summed E-state index contributed by atoms with van der Waals surface area (Å²) in [5.41, 5.74) is 2.16. The third kappa shape index (κ3) is 3.72. The largest absolute Gasteiger partial charge is 0.495 e. The quantitative estimate of drug-likeness (QED) is 0.898. The number of nitrogens with one attached hydrogen (secondary N) is 1. The van der Waals surface area contributed by atoms with Crippen molar-refractivity contribution in [1.29, 1.82) is 0 Å². The second-order valence-corrected chi connectivity index (χ2v) is 5.67. The summed E-state index contributed by atoms with van der Waals surface area (Å²) >= 11 is 12.0. The van der Waals surface area contributed by atoms with Crippen LogP contribution in [0.1, 0.15) is 17.8 Å². The Balaban J connectivity index is 2.01. The number of rotatable bonds is 5. The standard InChI is InChI=1S/C15H17Cl2N3O2/c1-9-15(17)10(2)20(19-9)7-6-14(21)18-12-8-11(16)4-5-13(12)22-3/h4-5,8H,6-7H2,1-3H3,(H,18,21). The van der Waals surface area contributed by atoms with Gasteiger partial charge in [-0.1, -0.05) is 23.2 Å². The molecule has 0 fully saturated rings. The first-order valence-electron chi connectivity index (χ1n) is 6.75. The van der Waals surface area contributed by atoms with E-state index < -0.39 is 0 Å². The highest BCUT2D eigenvalue weighted by Gasteiger charge is 2.12. The second-order valence-electron chi connectivity index (χ2n) is 4.85. The predicted molar refractivity (Wildman–Crippen MR) is 88.0 cm³/mol. The summed E-state index contributed by atoms with van der Waals surface area (Å²) in [6.07, 6.45) is 0.272. The summed E-state index contributed by atoms with van der Waals surface area (Å²) in [5.74, 6) is 0.413. The number of carbonyl (C=O) groups excluding carboxylic acids is 1. The zero-order chi connectivity index (χ0) is 16.3.